The second-order valence-electron chi connectivity index (χ2n) is 5.40. The van der Waals surface area contributed by atoms with E-state index in [-0.39, 0.29) is 11.3 Å². The van der Waals surface area contributed by atoms with Gasteiger partial charge >= 0.3 is 5.97 Å². The van der Waals surface area contributed by atoms with Gasteiger partial charge in [-0.05, 0) is 41.7 Å². The standard InChI is InChI=1S/C13H16O2S/c1-7(2)8-6-16-10-5-9(12(14)15)13(3-4-13)11(8)10/h6-7,9H,3-5H2,1-2H3,(H,14,15). The molecule has 1 fully saturated rings. The van der Waals surface area contributed by atoms with Gasteiger partial charge in [-0.3, -0.25) is 4.79 Å². The number of carboxylic acids is 1. The lowest BCUT2D eigenvalue weighted by molar-refractivity contribution is -0.142. The molecule has 0 radical (unpaired) electrons. The molecule has 0 bridgehead atoms. The molecule has 2 aliphatic rings. The van der Waals surface area contributed by atoms with Crippen LogP contribution in [0, 0.1) is 5.92 Å². The number of aliphatic carboxylic acids is 1. The van der Waals surface area contributed by atoms with Crippen LogP contribution in [0.2, 0.25) is 0 Å². The third-order valence-corrected chi connectivity index (χ3v) is 5.19. The van der Waals surface area contributed by atoms with Gasteiger partial charge in [0.2, 0.25) is 0 Å². The maximum absolute atomic E-state index is 11.3. The lowest BCUT2D eigenvalue weighted by Gasteiger charge is -2.17. The second-order valence-corrected chi connectivity index (χ2v) is 6.36. The summed E-state index contributed by atoms with van der Waals surface area (Å²) in [7, 11) is 0. The molecule has 0 aliphatic heterocycles. The van der Waals surface area contributed by atoms with E-state index in [0.29, 0.717) is 5.92 Å². The first-order chi connectivity index (χ1) is 7.56. The van der Waals surface area contributed by atoms with Crippen molar-refractivity contribution in [2.75, 3.05) is 0 Å². The van der Waals surface area contributed by atoms with Crippen LogP contribution in [0.1, 0.15) is 48.6 Å². The molecule has 3 heteroatoms. The van der Waals surface area contributed by atoms with Crippen LogP contribution < -0.4 is 0 Å². The lowest BCUT2D eigenvalue weighted by atomic mass is 9.85. The van der Waals surface area contributed by atoms with E-state index < -0.39 is 5.97 Å². The molecule has 1 heterocycles. The van der Waals surface area contributed by atoms with Gasteiger partial charge in [0.15, 0.2) is 0 Å². The van der Waals surface area contributed by atoms with Gasteiger partial charge < -0.3 is 5.11 Å². The summed E-state index contributed by atoms with van der Waals surface area (Å²) < 4.78 is 0. The average Bonchev–Trinajstić information content (AvgIpc) is 2.74. The summed E-state index contributed by atoms with van der Waals surface area (Å²) in [4.78, 5) is 12.7. The maximum Gasteiger partial charge on any atom is 0.307 e. The summed E-state index contributed by atoms with van der Waals surface area (Å²) in [5, 5.41) is 11.6. The van der Waals surface area contributed by atoms with E-state index in [1.54, 1.807) is 11.3 Å². The van der Waals surface area contributed by atoms with Gasteiger partial charge in [-0.2, -0.15) is 0 Å². The highest BCUT2D eigenvalue weighted by Gasteiger charge is 2.59. The molecule has 1 aromatic rings. The van der Waals surface area contributed by atoms with Gasteiger partial charge in [0.1, 0.15) is 0 Å². The van der Waals surface area contributed by atoms with Gasteiger partial charge in [0.25, 0.3) is 0 Å². The molecule has 1 N–H and O–H groups in total. The van der Waals surface area contributed by atoms with Gasteiger partial charge in [-0.1, -0.05) is 13.8 Å². The highest BCUT2D eigenvalue weighted by molar-refractivity contribution is 7.10. The van der Waals surface area contributed by atoms with Gasteiger partial charge in [0.05, 0.1) is 5.92 Å². The molecular formula is C13H16O2S. The van der Waals surface area contributed by atoms with Crippen LogP contribution in [-0.2, 0) is 16.6 Å². The van der Waals surface area contributed by atoms with Crippen molar-refractivity contribution in [1.82, 2.24) is 0 Å². The van der Waals surface area contributed by atoms with Crippen LogP contribution in [0.15, 0.2) is 5.38 Å². The van der Waals surface area contributed by atoms with E-state index in [2.05, 4.69) is 19.2 Å². The van der Waals surface area contributed by atoms with Gasteiger partial charge in [0, 0.05) is 10.3 Å². The normalized spacial score (nSPS) is 25.1. The molecule has 1 spiro atoms. The zero-order chi connectivity index (χ0) is 11.5. The van der Waals surface area contributed by atoms with Crippen molar-refractivity contribution < 1.29 is 9.90 Å². The van der Waals surface area contributed by atoms with Crippen LogP contribution in [0.4, 0.5) is 0 Å². The minimum atomic E-state index is -0.601. The lowest BCUT2D eigenvalue weighted by Crippen LogP contribution is -2.24. The highest BCUT2D eigenvalue weighted by Crippen LogP contribution is 2.62. The van der Waals surface area contributed by atoms with Crippen LogP contribution in [-0.4, -0.2) is 11.1 Å². The average molecular weight is 236 g/mol. The second kappa shape index (κ2) is 3.10. The number of carboxylic acid groups (broad SMARTS) is 1. The molecule has 0 amide bonds. The predicted molar refractivity (Wildman–Crippen MR) is 64.1 cm³/mol. The fourth-order valence-corrected chi connectivity index (χ4v) is 4.53. The highest BCUT2D eigenvalue weighted by atomic mass is 32.1. The Balaban J connectivity index is 2.10. The van der Waals surface area contributed by atoms with E-state index in [1.165, 1.54) is 16.0 Å². The molecule has 0 saturated heterocycles. The van der Waals surface area contributed by atoms with E-state index >= 15 is 0 Å². The monoisotopic (exact) mass is 236 g/mol. The minimum Gasteiger partial charge on any atom is -0.481 e. The Morgan fingerprint density at radius 3 is 2.75 bits per heavy atom. The van der Waals surface area contributed by atoms with E-state index in [9.17, 15) is 9.90 Å². The van der Waals surface area contributed by atoms with Crippen molar-refractivity contribution in [1.29, 1.82) is 0 Å². The fourth-order valence-electron chi connectivity index (χ4n) is 3.17. The molecule has 2 aliphatic carbocycles. The van der Waals surface area contributed by atoms with Crippen LogP contribution >= 0.6 is 11.3 Å². The number of hydrogen-bond donors (Lipinski definition) is 1. The number of thiophene rings is 1. The summed E-state index contributed by atoms with van der Waals surface area (Å²) >= 11 is 1.77. The zero-order valence-electron chi connectivity index (χ0n) is 9.62. The molecular weight excluding hydrogens is 220 g/mol. The smallest absolute Gasteiger partial charge is 0.307 e. The Hall–Kier alpha value is -0.830. The molecule has 86 valence electrons. The molecule has 1 aromatic heterocycles. The Kier molecular flexibility index (Phi) is 2.00. The summed E-state index contributed by atoms with van der Waals surface area (Å²) in [6, 6.07) is 0. The molecule has 0 aromatic carbocycles. The summed E-state index contributed by atoms with van der Waals surface area (Å²) in [5.41, 5.74) is 2.85. The Labute approximate surface area is 99.3 Å². The predicted octanol–water partition coefficient (Wildman–Crippen LogP) is 3.16. The fraction of sp³-hybridized carbons (Fsp3) is 0.615. The molecule has 1 saturated carbocycles. The summed E-state index contributed by atoms with van der Waals surface area (Å²) in [6.07, 6.45) is 2.92. The van der Waals surface area contributed by atoms with Crippen LogP contribution in [0.3, 0.4) is 0 Å². The SMILES string of the molecule is CC(C)c1csc2c1C1(CC1)C(C(=O)O)C2. The summed E-state index contributed by atoms with van der Waals surface area (Å²) in [6.45, 7) is 4.40. The van der Waals surface area contributed by atoms with Crippen molar-refractivity contribution in [3.8, 4) is 0 Å². The topological polar surface area (TPSA) is 37.3 Å². The minimum absolute atomic E-state index is 0.0285. The summed E-state index contributed by atoms with van der Waals surface area (Å²) in [5.74, 6) is -0.229. The molecule has 1 unspecified atom stereocenters. The van der Waals surface area contributed by atoms with E-state index in [1.807, 2.05) is 0 Å². The van der Waals surface area contributed by atoms with Crippen molar-refractivity contribution in [2.45, 2.75) is 44.4 Å². The zero-order valence-corrected chi connectivity index (χ0v) is 10.4. The van der Waals surface area contributed by atoms with Crippen molar-refractivity contribution in [3.63, 3.8) is 0 Å². The van der Waals surface area contributed by atoms with Crippen molar-refractivity contribution >= 4 is 17.3 Å². The third kappa shape index (κ3) is 1.15. The Bertz CT molecular complexity index is 454. The first-order valence-corrected chi connectivity index (χ1v) is 6.78. The first kappa shape index (κ1) is 10.3. The van der Waals surface area contributed by atoms with Crippen LogP contribution in [0.5, 0.6) is 0 Å². The number of fused-ring (bicyclic) bond motifs is 2. The van der Waals surface area contributed by atoms with E-state index in [0.717, 1.165) is 19.3 Å². The third-order valence-electron chi connectivity index (χ3n) is 4.16. The molecule has 1 atom stereocenters. The number of carbonyl (C=O) groups is 1. The Morgan fingerprint density at radius 2 is 2.25 bits per heavy atom. The number of hydrogen-bond acceptors (Lipinski definition) is 2. The number of rotatable bonds is 2. The maximum atomic E-state index is 11.3. The van der Waals surface area contributed by atoms with Gasteiger partial charge in [-0.25, -0.2) is 0 Å². The Morgan fingerprint density at radius 1 is 1.56 bits per heavy atom. The van der Waals surface area contributed by atoms with Crippen molar-refractivity contribution in [3.05, 3.63) is 21.4 Å². The van der Waals surface area contributed by atoms with Gasteiger partial charge in [-0.15, -0.1) is 11.3 Å². The quantitative estimate of drug-likeness (QED) is 0.856. The first-order valence-electron chi connectivity index (χ1n) is 5.90. The van der Waals surface area contributed by atoms with Crippen LogP contribution in [0.25, 0.3) is 0 Å². The molecule has 2 nitrogen and oxygen atoms in total. The molecule has 3 rings (SSSR count). The van der Waals surface area contributed by atoms with Crippen molar-refractivity contribution in [2.24, 2.45) is 5.92 Å². The largest absolute Gasteiger partial charge is 0.481 e. The van der Waals surface area contributed by atoms with E-state index in [4.69, 9.17) is 0 Å². The molecule has 16 heavy (non-hydrogen) atoms.